The maximum absolute atomic E-state index is 13.7. The molecular formula is C30H37N3O4. The molecule has 0 radical (unpaired) electrons. The predicted molar refractivity (Wildman–Crippen MR) is 143 cm³/mol. The van der Waals surface area contributed by atoms with Crippen LogP contribution in [0.2, 0.25) is 0 Å². The summed E-state index contributed by atoms with van der Waals surface area (Å²) in [5, 5.41) is 0. The topological polar surface area (TPSA) is 66.2 Å². The Balaban J connectivity index is 1.50. The van der Waals surface area contributed by atoms with Gasteiger partial charge < -0.3 is 19.0 Å². The predicted octanol–water partition coefficient (Wildman–Crippen LogP) is 4.29. The van der Waals surface area contributed by atoms with Crippen molar-refractivity contribution < 1.29 is 18.7 Å². The number of furan rings is 1. The van der Waals surface area contributed by atoms with Crippen molar-refractivity contribution in [3.8, 4) is 0 Å². The van der Waals surface area contributed by atoms with E-state index in [1.165, 1.54) is 0 Å². The quantitative estimate of drug-likeness (QED) is 0.391. The lowest BCUT2D eigenvalue weighted by molar-refractivity contribution is -0.133. The Bertz CT molecular complexity index is 1150. The van der Waals surface area contributed by atoms with Gasteiger partial charge in [-0.3, -0.25) is 14.5 Å². The highest BCUT2D eigenvalue weighted by Gasteiger charge is 2.24. The first-order chi connectivity index (χ1) is 18.0. The lowest BCUT2D eigenvalue weighted by atomic mass is 10.1. The monoisotopic (exact) mass is 503 g/mol. The third-order valence-corrected chi connectivity index (χ3v) is 6.71. The summed E-state index contributed by atoms with van der Waals surface area (Å²) in [6.07, 6.45) is 0.793. The van der Waals surface area contributed by atoms with Gasteiger partial charge in [0.2, 0.25) is 5.91 Å². The zero-order chi connectivity index (χ0) is 26.0. The van der Waals surface area contributed by atoms with Gasteiger partial charge in [0.05, 0.1) is 19.8 Å². The normalized spacial score (nSPS) is 13.9. The van der Waals surface area contributed by atoms with Crippen LogP contribution in [-0.4, -0.2) is 72.5 Å². The van der Waals surface area contributed by atoms with Crippen molar-refractivity contribution in [2.75, 3.05) is 45.9 Å². The average molecular weight is 504 g/mol. The van der Waals surface area contributed by atoms with E-state index in [2.05, 4.69) is 4.90 Å². The van der Waals surface area contributed by atoms with Gasteiger partial charge in [-0.05, 0) is 49.6 Å². The molecule has 0 atom stereocenters. The Morgan fingerprint density at radius 3 is 2.30 bits per heavy atom. The Morgan fingerprint density at radius 2 is 1.59 bits per heavy atom. The molecular weight excluding hydrogens is 466 g/mol. The van der Waals surface area contributed by atoms with Crippen molar-refractivity contribution in [2.45, 2.75) is 33.4 Å². The van der Waals surface area contributed by atoms with Gasteiger partial charge in [-0.2, -0.15) is 0 Å². The van der Waals surface area contributed by atoms with Crippen molar-refractivity contribution in [1.29, 1.82) is 0 Å². The maximum atomic E-state index is 13.7. The minimum absolute atomic E-state index is 0.0167. The number of hydrogen-bond donors (Lipinski definition) is 0. The van der Waals surface area contributed by atoms with Crippen molar-refractivity contribution in [3.63, 3.8) is 0 Å². The van der Waals surface area contributed by atoms with Gasteiger partial charge in [0.1, 0.15) is 18.1 Å². The van der Waals surface area contributed by atoms with Gasteiger partial charge in [-0.15, -0.1) is 0 Å². The van der Waals surface area contributed by atoms with Crippen molar-refractivity contribution >= 4 is 11.8 Å². The molecule has 7 heteroatoms. The largest absolute Gasteiger partial charge is 0.464 e. The van der Waals surface area contributed by atoms with Gasteiger partial charge in [0.25, 0.3) is 5.91 Å². The zero-order valence-electron chi connectivity index (χ0n) is 21.9. The van der Waals surface area contributed by atoms with Crippen LogP contribution in [0.3, 0.4) is 0 Å². The zero-order valence-corrected chi connectivity index (χ0v) is 21.9. The van der Waals surface area contributed by atoms with Gasteiger partial charge in [0, 0.05) is 38.3 Å². The summed E-state index contributed by atoms with van der Waals surface area (Å²) in [6.45, 7) is 9.30. The smallest absolute Gasteiger partial charge is 0.254 e. The van der Waals surface area contributed by atoms with E-state index in [1.807, 2.05) is 80.6 Å². The molecule has 1 fully saturated rings. The third-order valence-electron chi connectivity index (χ3n) is 6.71. The van der Waals surface area contributed by atoms with E-state index in [1.54, 1.807) is 9.80 Å². The molecule has 196 valence electrons. The van der Waals surface area contributed by atoms with Crippen molar-refractivity contribution in [1.82, 2.24) is 14.7 Å². The second kappa shape index (κ2) is 13.2. The van der Waals surface area contributed by atoms with Gasteiger partial charge >= 0.3 is 0 Å². The molecule has 0 saturated carbocycles. The molecule has 1 aliphatic rings. The Hall–Kier alpha value is -3.42. The summed E-state index contributed by atoms with van der Waals surface area (Å²) in [5.41, 5.74) is 2.58. The summed E-state index contributed by atoms with van der Waals surface area (Å²) in [4.78, 5) is 33.2. The molecule has 1 aliphatic heterocycles. The molecule has 0 aliphatic carbocycles. The summed E-state index contributed by atoms with van der Waals surface area (Å²) in [6, 6.07) is 21.3. The number of ether oxygens (including phenoxy) is 1. The number of benzene rings is 2. The number of hydrogen-bond acceptors (Lipinski definition) is 5. The molecule has 2 aromatic carbocycles. The molecule has 7 nitrogen and oxygen atoms in total. The fourth-order valence-electron chi connectivity index (χ4n) is 4.60. The number of carbonyl (C=O) groups excluding carboxylic acids is 2. The Kier molecular flexibility index (Phi) is 9.52. The first kappa shape index (κ1) is 26.6. The van der Waals surface area contributed by atoms with Crippen LogP contribution in [0.4, 0.5) is 0 Å². The highest BCUT2D eigenvalue weighted by molar-refractivity contribution is 5.97. The van der Waals surface area contributed by atoms with Crippen molar-refractivity contribution in [2.24, 2.45) is 0 Å². The third kappa shape index (κ3) is 7.78. The number of rotatable bonds is 11. The van der Waals surface area contributed by atoms with Crippen LogP contribution < -0.4 is 0 Å². The Labute approximate surface area is 219 Å². The molecule has 0 spiro atoms. The molecule has 0 bridgehead atoms. The fourth-order valence-corrected chi connectivity index (χ4v) is 4.60. The molecule has 4 rings (SSSR count). The minimum atomic E-state index is -0.109. The number of aryl methyl sites for hydroxylation is 2. The first-order valence-corrected chi connectivity index (χ1v) is 13.0. The van der Waals surface area contributed by atoms with E-state index < -0.39 is 0 Å². The fraction of sp³-hybridized carbons (Fsp3) is 0.400. The average Bonchev–Trinajstić information content (AvgIpc) is 3.33. The lowest BCUT2D eigenvalue weighted by Gasteiger charge is -2.30. The first-order valence-electron chi connectivity index (χ1n) is 13.0. The van der Waals surface area contributed by atoms with E-state index in [9.17, 15) is 9.59 Å². The molecule has 0 N–H and O–H groups in total. The van der Waals surface area contributed by atoms with Crippen LogP contribution in [0.25, 0.3) is 0 Å². The van der Waals surface area contributed by atoms with Crippen LogP contribution in [0.5, 0.6) is 0 Å². The van der Waals surface area contributed by atoms with E-state index >= 15 is 0 Å². The second-order valence-corrected chi connectivity index (χ2v) is 9.60. The number of morpholine rings is 1. The van der Waals surface area contributed by atoms with E-state index in [0.29, 0.717) is 25.2 Å². The number of amides is 2. The van der Waals surface area contributed by atoms with Crippen LogP contribution >= 0.6 is 0 Å². The van der Waals surface area contributed by atoms with Crippen LogP contribution in [0.15, 0.2) is 71.1 Å². The standard InChI is InChI=1S/C30H37N3O4/c1-24-9-6-7-12-28(24)30(35)32(16-8-15-31-17-19-36-20-18-31)23-29(34)33(21-26-10-4-3-5-11-26)22-27-14-13-25(2)37-27/h3-7,9-14H,8,15-23H2,1-2H3. The number of carbonyl (C=O) groups is 2. The summed E-state index contributed by atoms with van der Waals surface area (Å²) < 4.78 is 11.2. The van der Waals surface area contributed by atoms with Crippen molar-refractivity contribution in [3.05, 3.63) is 94.9 Å². The van der Waals surface area contributed by atoms with E-state index in [4.69, 9.17) is 9.15 Å². The van der Waals surface area contributed by atoms with E-state index in [-0.39, 0.29) is 18.4 Å². The molecule has 37 heavy (non-hydrogen) atoms. The molecule has 2 heterocycles. The number of nitrogens with zero attached hydrogens (tertiary/aromatic N) is 3. The van der Waals surface area contributed by atoms with Gasteiger partial charge in [0.15, 0.2) is 0 Å². The highest BCUT2D eigenvalue weighted by Crippen LogP contribution is 2.16. The molecule has 2 amide bonds. The minimum Gasteiger partial charge on any atom is -0.464 e. The summed E-state index contributed by atoms with van der Waals surface area (Å²) >= 11 is 0. The maximum Gasteiger partial charge on any atom is 0.254 e. The second-order valence-electron chi connectivity index (χ2n) is 9.60. The van der Waals surface area contributed by atoms with Crippen LogP contribution in [0, 0.1) is 13.8 Å². The molecule has 0 unspecified atom stereocenters. The molecule has 3 aromatic rings. The van der Waals surface area contributed by atoms with Crippen LogP contribution in [0.1, 0.15) is 39.4 Å². The SMILES string of the molecule is Cc1ccc(CN(Cc2ccccc2)C(=O)CN(CCCN2CCOCC2)C(=O)c2ccccc2C)o1. The van der Waals surface area contributed by atoms with Gasteiger partial charge in [-0.1, -0.05) is 48.5 Å². The lowest BCUT2D eigenvalue weighted by Crippen LogP contribution is -2.44. The molecule has 1 aromatic heterocycles. The summed E-state index contributed by atoms with van der Waals surface area (Å²) in [5.74, 6) is 1.32. The van der Waals surface area contributed by atoms with Gasteiger partial charge in [-0.25, -0.2) is 0 Å². The highest BCUT2D eigenvalue weighted by atomic mass is 16.5. The summed E-state index contributed by atoms with van der Waals surface area (Å²) in [7, 11) is 0. The Morgan fingerprint density at radius 1 is 0.865 bits per heavy atom. The molecule has 1 saturated heterocycles. The van der Waals surface area contributed by atoms with Crippen LogP contribution in [-0.2, 0) is 22.6 Å². The van der Waals surface area contributed by atoms with E-state index in [0.717, 1.165) is 61.9 Å².